The molecule has 1 unspecified atom stereocenters. The first-order valence-corrected chi connectivity index (χ1v) is 11.3. The van der Waals surface area contributed by atoms with Crippen molar-refractivity contribution in [3.8, 4) is 0 Å². The van der Waals surface area contributed by atoms with E-state index in [-0.39, 0.29) is 5.75 Å². The number of benzene rings is 1. The van der Waals surface area contributed by atoms with Crippen molar-refractivity contribution >= 4 is 38.4 Å². The topological polar surface area (TPSA) is 60.9 Å². The van der Waals surface area contributed by atoms with Crippen molar-refractivity contribution in [2.45, 2.75) is 30.7 Å². The number of hydrogen-bond donors (Lipinski definition) is 1. The monoisotopic (exact) mass is 466 g/mol. The van der Waals surface area contributed by atoms with Crippen LogP contribution in [0.25, 0.3) is 0 Å². The van der Waals surface area contributed by atoms with Crippen molar-refractivity contribution < 1.29 is 13.0 Å². The Morgan fingerprint density at radius 2 is 1.92 bits per heavy atom. The molecule has 136 valence electrons. The minimum Gasteiger partial charge on any atom is -0.357 e. The Balaban J connectivity index is 1.86. The summed E-state index contributed by atoms with van der Waals surface area (Å²) in [5.41, 5.74) is 2.63. The van der Waals surface area contributed by atoms with Crippen LogP contribution in [0.2, 0.25) is 0 Å². The van der Waals surface area contributed by atoms with Crippen LogP contribution in [0.15, 0.2) is 24.3 Å². The summed E-state index contributed by atoms with van der Waals surface area (Å²) in [5.74, 6) is 0.510. The summed E-state index contributed by atoms with van der Waals surface area (Å²) in [6, 6.07) is 8.85. The second-order valence-corrected chi connectivity index (χ2v) is 9.84. The molecule has 1 saturated heterocycles. The number of halogens is 1. The van der Waals surface area contributed by atoms with Gasteiger partial charge in [-0.15, -0.1) is 0 Å². The molecule has 1 aromatic carbocycles. The minimum absolute atomic E-state index is 0.156. The van der Waals surface area contributed by atoms with E-state index in [0.717, 1.165) is 26.1 Å². The number of hydrogen-bond acceptors (Lipinski definition) is 4. The second-order valence-electron chi connectivity index (χ2n) is 6.83. The average Bonchev–Trinajstić information content (AvgIpc) is 2.46. The van der Waals surface area contributed by atoms with Gasteiger partial charge in [-0.05, 0) is 43.0 Å². The SMILES string of the molecule is CC(C)Cc1ccc(N2CCN(CCCS(=O)(=O)O)CC2I)cc1. The van der Waals surface area contributed by atoms with E-state index in [1.807, 2.05) is 0 Å². The van der Waals surface area contributed by atoms with Crippen LogP contribution in [0.3, 0.4) is 0 Å². The summed E-state index contributed by atoms with van der Waals surface area (Å²) in [6.07, 6.45) is 1.58. The first kappa shape index (κ1) is 19.9. The molecule has 1 fully saturated rings. The molecule has 0 amide bonds. The van der Waals surface area contributed by atoms with E-state index in [2.05, 4.69) is 70.5 Å². The third-order valence-electron chi connectivity index (χ3n) is 4.19. The van der Waals surface area contributed by atoms with Crippen molar-refractivity contribution in [3.05, 3.63) is 29.8 Å². The summed E-state index contributed by atoms with van der Waals surface area (Å²) in [7, 11) is -3.84. The molecule has 1 aliphatic heterocycles. The number of alkyl halides is 1. The molecule has 0 aromatic heterocycles. The standard InChI is InChI=1S/C17H27IN2O3S/c1-14(2)12-15-4-6-16(7-5-15)20-10-9-19(13-17(20)18)8-3-11-24(21,22)23/h4-7,14,17H,3,8-13H2,1-2H3,(H,21,22,23). The zero-order valence-corrected chi connectivity index (χ0v) is 17.3. The molecule has 5 nitrogen and oxygen atoms in total. The zero-order chi connectivity index (χ0) is 17.7. The highest BCUT2D eigenvalue weighted by Crippen LogP contribution is 2.25. The molecule has 1 aromatic rings. The smallest absolute Gasteiger partial charge is 0.264 e. The van der Waals surface area contributed by atoms with Crippen LogP contribution in [0.1, 0.15) is 25.8 Å². The maximum Gasteiger partial charge on any atom is 0.264 e. The quantitative estimate of drug-likeness (QED) is 0.290. The second kappa shape index (κ2) is 8.82. The largest absolute Gasteiger partial charge is 0.357 e. The van der Waals surface area contributed by atoms with Gasteiger partial charge in [0.1, 0.15) is 0 Å². The maximum atomic E-state index is 10.8. The molecular formula is C17H27IN2O3S. The van der Waals surface area contributed by atoms with Crippen molar-refractivity contribution in [2.75, 3.05) is 36.8 Å². The Hall–Kier alpha value is -0.380. The van der Waals surface area contributed by atoms with Crippen LogP contribution in [-0.4, -0.2) is 53.9 Å². The van der Waals surface area contributed by atoms with E-state index < -0.39 is 10.1 Å². The Morgan fingerprint density at radius 1 is 1.25 bits per heavy atom. The van der Waals surface area contributed by atoms with Crippen LogP contribution in [-0.2, 0) is 16.5 Å². The highest BCUT2D eigenvalue weighted by Gasteiger charge is 2.25. The molecule has 1 atom stereocenters. The minimum atomic E-state index is -3.84. The fourth-order valence-electron chi connectivity index (χ4n) is 3.05. The predicted molar refractivity (Wildman–Crippen MR) is 108 cm³/mol. The molecule has 1 heterocycles. The van der Waals surface area contributed by atoms with E-state index in [1.54, 1.807) is 0 Å². The summed E-state index contributed by atoms with van der Waals surface area (Å²) in [6.45, 7) is 7.92. The van der Waals surface area contributed by atoms with Crippen LogP contribution < -0.4 is 4.90 Å². The fraction of sp³-hybridized carbons (Fsp3) is 0.647. The van der Waals surface area contributed by atoms with E-state index in [9.17, 15) is 8.42 Å². The lowest BCUT2D eigenvalue weighted by atomic mass is 10.0. The molecule has 0 spiro atoms. The number of piperazine rings is 1. The fourth-order valence-corrected chi connectivity index (χ4v) is 4.70. The Labute approximate surface area is 159 Å². The molecule has 7 heteroatoms. The summed E-state index contributed by atoms with van der Waals surface area (Å²) >= 11 is 2.45. The molecule has 1 N–H and O–H groups in total. The normalized spacial score (nSPS) is 19.9. The molecule has 0 bridgehead atoms. The first-order valence-electron chi connectivity index (χ1n) is 8.42. The molecule has 1 aliphatic rings. The van der Waals surface area contributed by atoms with Gasteiger partial charge in [0.15, 0.2) is 0 Å². The van der Waals surface area contributed by atoms with Crippen molar-refractivity contribution in [1.29, 1.82) is 0 Å². The van der Waals surface area contributed by atoms with Crippen LogP contribution in [0.5, 0.6) is 0 Å². The highest BCUT2D eigenvalue weighted by atomic mass is 127. The van der Waals surface area contributed by atoms with E-state index in [0.29, 0.717) is 22.9 Å². The number of nitrogens with zero attached hydrogens (tertiary/aromatic N) is 2. The number of rotatable bonds is 7. The van der Waals surface area contributed by atoms with Crippen LogP contribution in [0, 0.1) is 5.92 Å². The van der Waals surface area contributed by atoms with Crippen LogP contribution >= 0.6 is 22.6 Å². The highest BCUT2D eigenvalue weighted by molar-refractivity contribution is 14.1. The van der Waals surface area contributed by atoms with Gasteiger partial charge in [-0.3, -0.25) is 9.45 Å². The van der Waals surface area contributed by atoms with Gasteiger partial charge < -0.3 is 4.90 Å². The third-order valence-corrected chi connectivity index (χ3v) is 6.06. The lowest BCUT2D eigenvalue weighted by Gasteiger charge is -2.40. The average molecular weight is 466 g/mol. The Bertz CT molecular complexity index is 619. The molecule has 24 heavy (non-hydrogen) atoms. The van der Waals surface area contributed by atoms with Crippen molar-refractivity contribution in [1.82, 2.24) is 4.90 Å². The zero-order valence-electron chi connectivity index (χ0n) is 14.4. The molecule has 2 rings (SSSR count). The van der Waals surface area contributed by atoms with Crippen molar-refractivity contribution in [3.63, 3.8) is 0 Å². The maximum absolute atomic E-state index is 10.8. The van der Waals surface area contributed by atoms with E-state index in [1.165, 1.54) is 11.3 Å². The van der Waals surface area contributed by atoms with Gasteiger partial charge in [0, 0.05) is 25.3 Å². The predicted octanol–water partition coefficient (Wildman–Crippen LogP) is 3.05. The van der Waals surface area contributed by atoms with Crippen molar-refractivity contribution in [2.24, 2.45) is 5.92 Å². The van der Waals surface area contributed by atoms with Gasteiger partial charge in [0.2, 0.25) is 0 Å². The van der Waals surface area contributed by atoms with Gasteiger partial charge >= 0.3 is 0 Å². The Kier molecular flexibility index (Phi) is 7.33. The summed E-state index contributed by atoms with van der Waals surface area (Å²) in [4.78, 5) is 4.67. The Morgan fingerprint density at radius 3 is 2.46 bits per heavy atom. The lowest BCUT2D eigenvalue weighted by molar-refractivity contribution is 0.253. The molecule has 0 aliphatic carbocycles. The van der Waals surface area contributed by atoms with Crippen LogP contribution in [0.4, 0.5) is 5.69 Å². The lowest BCUT2D eigenvalue weighted by Crippen LogP contribution is -2.51. The number of anilines is 1. The summed E-state index contributed by atoms with van der Waals surface area (Å²) < 4.78 is 30.8. The van der Waals surface area contributed by atoms with E-state index >= 15 is 0 Å². The molecular weight excluding hydrogens is 439 g/mol. The molecule has 0 saturated carbocycles. The van der Waals surface area contributed by atoms with Gasteiger partial charge in [-0.2, -0.15) is 8.42 Å². The third kappa shape index (κ3) is 6.50. The van der Waals surface area contributed by atoms with Gasteiger partial charge in [0.05, 0.1) is 9.80 Å². The molecule has 0 radical (unpaired) electrons. The first-order chi connectivity index (χ1) is 11.2. The van der Waals surface area contributed by atoms with Gasteiger partial charge in [0.25, 0.3) is 10.1 Å². The van der Waals surface area contributed by atoms with Gasteiger partial charge in [-0.25, -0.2) is 0 Å². The summed E-state index contributed by atoms with van der Waals surface area (Å²) in [5, 5.41) is 0. The van der Waals surface area contributed by atoms with E-state index in [4.69, 9.17) is 4.55 Å². The van der Waals surface area contributed by atoms with Gasteiger partial charge in [-0.1, -0.05) is 48.6 Å².